The van der Waals surface area contributed by atoms with Crippen LogP contribution in [-0.2, 0) is 6.42 Å². The summed E-state index contributed by atoms with van der Waals surface area (Å²) < 4.78 is 1.02. The number of hydrogen-bond acceptors (Lipinski definition) is 3. The zero-order chi connectivity index (χ0) is 14.4. The molecule has 106 valence electrons. The standard InChI is InChI=1S/C16H20BrN3/c1-3-5-19-16(15-7-12(2)4-6-20-15)9-13-8-14(17)11-18-10-13/h4,6-8,10-11,16,19H,3,5,9H2,1-2H3. The molecule has 0 aromatic carbocycles. The predicted molar refractivity (Wildman–Crippen MR) is 85.6 cm³/mol. The molecule has 0 fully saturated rings. The van der Waals surface area contributed by atoms with E-state index in [2.05, 4.69) is 57.2 Å². The highest BCUT2D eigenvalue weighted by molar-refractivity contribution is 9.10. The van der Waals surface area contributed by atoms with Crippen LogP contribution in [0.2, 0.25) is 0 Å². The summed E-state index contributed by atoms with van der Waals surface area (Å²) in [6.45, 7) is 5.26. The molecule has 2 rings (SSSR count). The van der Waals surface area contributed by atoms with Crippen molar-refractivity contribution in [1.82, 2.24) is 15.3 Å². The van der Waals surface area contributed by atoms with Crippen LogP contribution in [0.15, 0.2) is 41.3 Å². The van der Waals surface area contributed by atoms with Crippen LogP contribution in [0.4, 0.5) is 0 Å². The van der Waals surface area contributed by atoms with E-state index in [4.69, 9.17) is 0 Å². The van der Waals surface area contributed by atoms with E-state index in [1.165, 1.54) is 11.1 Å². The number of nitrogens with one attached hydrogen (secondary N) is 1. The molecule has 3 nitrogen and oxygen atoms in total. The van der Waals surface area contributed by atoms with E-state index in [-0.39, 0.29) is 6.04 Å². The zero-order valence-electron chi connectivity index (χ0n) is 11.9. The van der Waals surface area contributed by atoms with Gasteiger partial charge in [0.25, 0.3) is 0 Å². The van der Waals surface area contributed by atoms with Crippen LogP contribution < -0.4 is 5.32 Å². The number of hydrogen-bond donors (Lipinski definition) is 1. The minimum atomic E-state index is 0.228. The lowest BCUT2D eigenvalue weighted by Crippen LogP contribution is -2.25. The Morgan fingerprint density at radius 3 is 2.85 bits per heavy atom. The number of rotatable bonds is 6. The van der Waals surface area contributed by atoms with E-state index < -0.39 is 0 Å². The smallest absolute Gasteiger partial charge is 0.0579 e. The fourth-order valence-electron chi connectivity index (χ4n) is 2.15. The lowest BCUT2D eigenvalue weighted by Gasteiger charge is -2.18. The van der Waals surface area contributed by atoms with Gasteiger partial charge in [-0.05, 0) is 71.6 Å². The van der Waals surface area contributed by atoms with Gasteiger partial charge in [-0.1, -0.05) is 6.92 Å². The first-order valence-corrected chi connectivity index (χ1v) is 7.73. The number of nitrogens with zero attached hydrogens (tertiary/aromatic N) is 2. The van der Waals surface area contributed by atoms with Gasteiger partial charge in [-0.2, -0.15) is 0 Å². The number of aryl methyl sites for hydroxylation is 1. The Bertz CT molecular complexity index is 557. The number of aromatic nitrogens is 2. The van der Waals surface area contributed by atoms with Crippen molar-refractivity contribution in [2.75, 3.05) is 6.54 Å². The van der Waals surface area contributed by atoms with Gasteiger partial charge < -0.3 is 5.32 Å². The summed E-state index contributed by atoms with van der Waals surface area (Å²) in [5.74, 6) is 0. The second kappa shape index (κ2) is 7.50. The highest BCUT2D eigenvalue weighted by Gasteiger charge is 2.13. The van der Waals surface area contributed by atoms with Crippen molar-refractivity contribution in [3.8, 4) is 0 Å². The third-order valence-electron chi connectivity index (χ3n) is 3.14. The third-order valence-corrected chi connectivity index (χ3v) is 3.57. The quantitative estimate of drug-likeness (QED) is 0.872. The zero-order valence-corrected chi connectivity index (χ0v) is 13.5. The first-order valence-electron chi connectivity index (χ1n) is 6.94. The van der Waals surface area contributed by atoms with E-state index in [0.29, 0.717) is 0 Å². The molecular weight excluding hydrogens is 314 g/mol. The topological polar surface area (TPSA) is 37.8 Å². The second-order valence-electron chi connectivity index (χ2n) is 4.98. The van der Waals surface area contributed by atoms with Gasteiger partial charge in [-0.15, -0.1) is 0 Å². The molecule has 4 heteroatoms. The Kier molecular flexibility index (Phi) is 5.68. The molecule has 0 aliphatic carbocycles. The van der Waals surface area contributed by atoms with Crippen molar-refractivity contribution >= 4 is 15.9 Å². The van der Waals surface area contributed by atoms with Crippen LogP contribution in [0.1, 0.15) is 36.2 Å². The summed E-state index contributed by atoms with van der Waals surface area (Å²) in [6, 6.07) is 6.52. The molecule has 0 spiro atoms. The van der Waals surface area contributed by atoms with Crippen molar-refractivity contribution in [3.63, 3.8) is 0 Å². The SMILES string of the molecule is CCCNC(Cc1cncc(Br)c1)c1cc(C)ccn1. The molecule has 0 aliphatic rings. The summed E-state index contributed by atoms with van der Waals surface area (Å²) >= 11 is 3.47. The maximum absolute atomic E-state index is 4.52. The van der Waals surface area contributed by atoms with Gasteiger partial charge in [0, 0.05) is 23.1 Å². The molecule has 0 bridgehead atoms. The minimum Gasteiger partial charge on any atom is -0.308 e. The monoisotopic (exact) mass is 333 g/mol. The second-order valence-corrected chi connectivity index (χ2v) is 5.90. The molecule has 0 amide bonds. The van der Waals surface area contributed by atoms with Gasteiger partial charge in [-0.3, -0.25) is 9.97 Å². The maximum atomic E-state index is 4.52. The van der Waals surface area contributed by atoms with E-state index in [1.807, 2.05) is 24.7 Å². The molecule has 2 heterocycles. The van der Waals surface area contributed by atoms with E-state index in [0.717, 1.165) is 29.6 Å². The van der Waals surface area contributed by atoms with Gasteiger partial charge in [-0.25, -0.2) is 0 Å². The Balaban J connectivity index is 2.19. The highest BCUT2D eigenvalue weighted by Crippen LogP contribution is 2.19. The molecule has 2 aromatic rings. The van der Waals surface area contributed by atoms with Gasteiger partial charge in [0.1, 0.15) is 0 Å². The molecule has 1 atom stereocenters. The molecule has 0 radical (unpaired) electrons. The molecule has 0 saturated heterocycles. The number of pyridine rings is 2. The molecule has 0 aliphatic heterocycles. The Morgan fingerprint density at radius 1 is 1.30 bits per heavy atom. The maximum Gasteiger partial charge on any atom is 0.0579 e. The van der Waals surface area contributed by atoms with Crippen LogP contribution in [0.25, 0.3) is 0 Å². The predicted octanol–water partition coefficient (Wildman–Crippen LogP) is 3.83. The summed E-state index contributed by atoms with van der Waals surface area (Å²) in [6.07, 6.45) is 7.61. The molecular formula is C16H20BrN3. The van der Waals surface area contributed by atoms with E-state index >= 15 is 0 Å². The normalized spacial score (nSPS) is 12.3. The minimum absolute atomic E-state index is 0.228. The summed E-state index contributed by atoms with van der Waals surface area (Å²) in [5.41, 5.74) is 3.54. The van der Waals surface area contributed by atoms with Crippen molar-refractivity contribution in [2.45, 2.75) is 32.7 Å². The first kappa shape index (κ1) is 15.1. The van der Waals surface area contributed by atoms with Gasteiger partial charge in [0.05, 0.1) is 11.7 Å². The average molecular weight is 334 g/mol. The van der Waals surface area contributed by atoms with Crippen molar-refractivity contribution in [3.05, 3.63) is 58.1 Å². The lowest BCUT2D eigenvalue weighted by atomic mass is 10.0. The molecule has 20 heavy (non-hydrogen) atoms. The highest BCUT2D eigenvalue weighted by atomic mass is 79.9. The van der Waals surface area contributed by atoms with E-state index in [1.54, 1.807) is 0 Å². The number of halogens is 1. The van der Waals surface area contributed by atoms with Crippen LogP contribution in [0.3, 0.4) is 0 Å². The largest absolute Gasteiger partial charge is 0.308 e. The third kappa shape index (κ3) is 4.39. The van der Waals surface area contributed by atoms with Crippen molar-refractivity contribution < 1.29 is 0 Å². The molecule has 1 unspecified atom stereocenters. The molecule has 2 aromatic heterocycles. The van der Waals surface area contributed by atoms with E-state index in [9.17, 15) is 0 Å². The van der Waals surface area contributed by atoms with Crippen LogP contribution in [0, 0.1) is 6.92 Å². The van der Waals surface area contributed by atoms with Crippen molar-refractivity contribution in [2.24, 2.45) is 0 Å². The van der Waals surface area contributed by atoms with Gasteiger partial charge >= 0.3 is 0 Å². The van der Waals surface area contributed by atoms with Crippen LogP contribution in [0.5, 0.6) is 0 Å². The average Bonchev–Trinajstić information content (AvgIpc) is 2.43. The van der Waals surface area contributed by atoms with Crippen LogP contribution in [-0.4, -0.2) is 16.5 Å². The Morgan fingerprint density at radius 2 is 2.15 bits per heavy atom. The van der Waals surface area contributed by atoms with Crippen LogP contribution >= 0.6 is 15.9 Å². The molecule has 1 N–H and O–H groups in total. The summed E-state index contributed by atoms with van der Waals surface area (Å²) in [7, 11) is 0. The summed E-state index contributed by atoms with van der Waals surface area (Å²) in [5, 5.41) is 3.58. The summed E-state index contributed by atoms with van der Waals surface area (Å²) in [4.78, 5) is 8.75. The van der Waals surface area contributed by atoms with Gasteiger partial charge in [0.2, 0.25) is 0 Å². The fourth-order valence-corrected chi connectivity index (χ4v) is 2.57. The van der Waals surface area contributed by atoms with Gasteiger partial charge in [0.15, 0.2) is 0 Å². The lowest BCUT2D eigenvalue weighted by molar-refractivity contribution is 0.517. The molecule has 0 saturated carbocycles. The Hall–Kier alpha value is -1.26. The first-order chi connectivity index (χ1) is 9.69. The Labute approximate surface area is 129 Å². The fraction of sp³-hybridized carbons (Fsp3) is 0.375. The van der Waals surface area contributed by atoms with Crippen molar-refractivity contribution in [1.29, 1.82) is 0 Å².